The van der Waals surface area contributed by atoms with Gasteiger partial charge in [-0.25, -0.2) is 4.39 Å². The van der Waals surface area contributed by atoms with E-state index in [9.17, 15) is 9.18 Å². The minimum atomic E-state index is -0.343. The van der Waals surface area contributed by atoms with Gasteiger partial charge in [0.1, 0.15) is 18.2 Å². The number of halogens is 1. The minimum absolute atomic E-state index is 0.312. The Morgan fingerprint density at radius 2 is 1.97 bits per heavy atom. The first-order chi connectivity index (χ1) is 14.4. The molecule has 3 rings (SSSR count). The lowest BCUT2D eigenvalue weighted by Crippen LogP contribution is -2.09. The van der Waals surface area contributed by atoms with E-state index in [1.807, 2.05) is 19.9 Å². The number of anilines is 1. The standard InChI is InChI=1S/C23H23FN2O4/c1-14-11-18(24)7-8-20(14)25-23(27)10-6-17-5-9-21(22(12-17)28-4)29-13-19-15(2)26-30-16(19)3/h5-12H,13H2,1-4H3,(H,25,27). The summed E-state index contributed by atoms with van der Waals surface area (Å²) in [5, 5.41) is 6.64. The molecular formula is C23H23FN2O4. The smallest absolute Gasteiger partial charge is 0.248 e. The molecule has 0 aliphatic carbocycles. The molecule has 0 radical (unpaired) electrons. The predicted molar refractivity (Wildman–Crippen MR) is 112 cm³/mol. The SMILES string of the molecule is COc1cc(C=CC(=O)Nc2ccc(F)cc2C)ccc1OCc1c(C)noc1C. The number of benzene rings is 2. The van der Waals surface area contributed by atoms with Crippen LogP contribution in [0, 0.1) is 26.6 Å². The van der Waals surface area contributed by atoms with E-state index in [4.69, 9.17) is 14.0 Å². The maximum absolute atomic E-state index is 13.2. The Balaban J connectivity index is 1.67. The monoisotopic (exact) mass is 410 g/mol. The first kappa shape index (κ1) is 21.1. The number of nitrogens with one attached hydrogen (secondary N) is 1. The van der Waals surface area contributed by atoms with E-state index in [1.54, 1.807) is 32.2 Å². The fourth-order valence-corrected chi connectivity index (χ4v) is 2.88. The summed E-state index contributed by atoms with van der Waals surface area (Å²) in [5.74, 6) is 1.17. The van der Waals surface area contributed by atoms with E-state index in [0.717, 1.165) is 16.8 Å². The zero-order chi connectivity index (χ0) is 21.7. The molecule has 0 atom stereocenters. The molecule has 0 bridgehead atoms. The molecule has 1 amide bonds. The topological polar surface area (TPSA) is 73.6 Å². The van der Waals surface area contributed by atoms with Gasteiger partial charge in [-0.1, -0.05) is 11.2 Å². The molecule has 1 aromatic heterocycles. The van der Waals surface area contributed by atoms with Crippen LogP contribution in [0.25, 0.3) is 6.08 Å². The Morgan fingerprint density at radius 3 is 2.63 bits per heavy atom. The van der Waals surface area contributed by atoms with Crippen molar-refractivity contribution in [2.75, 3.05) is 12.4 Å². The number of ether oxygens (including phenoxy) is 2. The van der Waals surface area contributed by atoms with Crippen molar-refractivity contribution in [2.24, 2.45) is 0 Å². The molecular weight excluding hydrogens is 387 g/mol. The number of nitrogens with zero attached hydrogens (tertiary/aromatic N) is 1. The second kappa shape index (κ2) is 9.26. The van der Waals surface area contributed by atoms with Crippen LogP contribution >= 0.6 is 0 Å². The van der Waals surface area contributed by atoms with Crippen LogP contribution in [0.15, 0.2) is 47.0 Å². The number of carbonyl (C=O) groups is 1. The molecule has 0 saturated carbocycles. The molecule has 2 aromatic carbocycles. The summed E-state index contributed by atoms with van der Waals surface area (Å²) in [7, 11) is 1.55. The van der Waals surface area contributed by atoms with Crippen molar-refractivity contribution < 1.29 is 23.2 Å². The molecule has 0 spiro atoms. The van der Waals surface area contributed by atoms with Gasteiger partial charge in [0.2, 0.25) is 5.91 Å². The predicted octanol–water partition coefficient (Wildman–Crippen LogP) is 4.98. The van der Waals surface area contributed by atoms with Crippen LogP contribution in [0.1, 0.15) is 28.1 Å². The molecule has 30 heavy (non-hydrogen) atoms. The van der Waals surface area contributed by atoms with E-state index in [2.05, 4.69) is 10.5 Å². The Labute approximate surface area is 174 Å². The highest BCUT2D eigenvalue weighted by atomic mass is 19.1. The second-order valence-electron chi connectivity index (χ2n) is 6.78. The third kappa shape index (κ3) is 5.05. The van der Waals surface area contributed by atoms with Gasteiger partial charge in [-0.15, -0.1) is 0 Å². The van der Waals surface area contributed by atoms with Crippen molar-refractivity contribution in [3.8, 4) is 11.5 Å². The Morgan fingerprint density at radius 1 is 1.17 bits per heavy atom. The quantitative estimate of drug-likeness (QED) is 0.556. The minimum Gasteiger partial charge on any atom is -0.493 e. The van der Waals surface area contributed by atoms with Gasteiger partial charge in [0.05, 0.1) is 18.4 Å². The lowest BCUT2D eigenvalue weighted by atomic mass is 10.1. The van der Waals surface area contributed by atoms with Crippen molar-refractivity contribution in [2.45, 2.75) is 27.4 Å². The van der Waals surface area contributed by atoms with Gasteiger partial charge in [-0.2, -0.15) is 0 Å². The van der Waals surface area contributed by atoms with Crippen molar-refractivity contribution in [3.05, 3.63) is 76.4 Å². The molecule has 6 nitrogen and oxygen atoms in total. The normalized spacial score (nSPS) is 11.0. The van der Waals surface area contributed by atoms with E-state index in [-0.39, 0.29) is 11.7 Å². The van der Waals surface area contributed by atoms with E-state index in [1.165, 1.54) is 24.3 Å². The van der Waals surface area contributed by atoms with Crippen molar-refractivity contribution in [3.63, 3.8) is 0 Å². The van der Waals surface area contributed by atoms with Gasteiger partial charge >= 0.3 is 0 Å². The molecule has 0 fully saturated rings. The maximum atomic E-state index is 13.2. The fourth-order valence-electron chi connectivity index (χ4n) is 2.88. The van der Waals surface area contributed by atoms with Crippen molar-refractivity contribution in [1.82, 2.24) is 5.16 Å². The molecule has 0 unspecified atom stereocenters. The summed E-state index contributed by atoms with van der Waals surface area (Å²) >= 11 is 0. The fraction of sp³-hybridized carbons (Fsp3) is 0.217. The van der Waals surface area contributed by atoms with Gasteiger partial charge in [0.15, 0.2) is 11.5 Å². The molecule has 1 heterocycles. The third-order valence-corrected chi connectivity index (χ3v) is 4.61. The second-order valence-corrected chi connectivity index (χ2v) is 6.78. The van der Waals surface area contributed by atoms with Gasteiger partial charge in [0.25, 0.3) is 0 Å². The number of amides is 1. The average Bonchev–Trinajstić information content (AvgIpc) is 3.04. The van der Waals surface area contributed by atoms with Crippen molar-refractivity contribution in [1.29, 1.82) is 0 Å². The van der Waals surface area contributed by atoms with E-state index in [0.29, 0.717) is 35.1 Å². The summed E-state index contributed by atoms with van der Waals surface area (Å²) in [6.45, 7) is 5.74. The van der Waals surface area contributed by atoms with Gasteiger partial charge < -0.3 is 19.3 Å². The number of hydrogen-bond donors (Lipinski definition) is 1. The molecule has 0 aliphatic rings. The Hall–Kier alpha value is -3.61. The zero-order valence-corrected chi connectivity index (χ0v) is 17.3. The number of rotatable bonds is 7. The molecule has 156 valence electrons. The highest BCUT2D eigenvalue weighted by molar-refractivity contribution is 6.02. The molecule has 0 aliphatic heterocycles. The highest BCUT2D eigenvalue weighted by Crippen LogP contribution is 2.30. The van der Waals surface area contributed by atoms with Crippen LogP contribution in [-0.2, 0) is 11.4 Å². The van der Waals surface area contributed by atoms with E-state index < -0.39 is 0 Å². The van der Waals surface area contributed by atoms with E-state index >= 15 is 0 Å². The van der Waals surface area contributed by atoms with Crippen LogP contribution in [0.3, 0.4) is 0 Å². The summed E-state index contributed by atoms with van der Waals surface area (Å²) in [6.07, 6.45) is 3.07. The zero-order valence-electron chi connectivity index (χ0n) is 17.3. The summed E-state index contributed by atoms with van der Waals surface area (Å²) in [5.41, 5.74) is 3.66. The lowest BCUT2D eigenvalue weighted by molar-refractivity contribution is -0.111. The number of hydrogen-bond acceptors (Lipinski definition) is 5. The van der Waals surface area contributed by atoms with Gasteiger partial charge in [0, 0.05) is 11.8 Å². The van der Waals surface area contributed by atoms with Crippen LogP contribution in [-0.4, -0.2) is 18.2 Å². The molecule has 0 saturated heterocycles. The van der Waals surface area contributed by atoms with Gasteiger partial charge in [-0.05, 0) is 68.3 Å². The van der Waals surface area contributed by atoms with Gasteiger partial charge in [-0.3, -0.25) is 4.79 Å². The van der Waals surface area contributed by atoms with Crippen LogP contribution in [0.2, 0.25) is 0 Å². The average molecular weight is 410 g/mol. The van der Waals surface area contributed by atoms with Crippen LogP contribution in [0.4, 0.5) is 10.1 Å². The number of carbonyl (C=O) groups excluding carboxylic acids is 1. The van der Waals surface area contributed by atoms with Crippen LogP contribution in [0.5, 0.6) is 11.5 Å². The Kier molecular flexibility index (Phi) is 6.51. The van der Waals surface area contributed by atoms with Crippen molar-refractivity contribution >= 4 is 17.7 Å². The number of aromatic nitrogens is 1. The molecule has 7 heteroatoms. The molecule has 1 N–H and O–H groups in total. The third-order valence-electron chi connectivity index (χ3n) is 4.61. The lowest BCUT2D eigenvalue weighted by Gasteiger charge is -2.11. The first-order valence-corrected chi connectivity index (χ1v) is 9.35. The maximum Gasteiger partial charge on any atom is 0.248 e. The van der Waals surface area contributed by atoms with Crippen LogP contribution < -0.4 is 14.8 Å². The number of methoxy groups -OCH3 is 1. The summed E-state index contributed by atoms with van der Waals surface area (Å²) in [6, 6.07) is 9.57. The Bertz CT molecular complexity index is 1070. The molecule has 3 aromatic rings. The number of aryl methyl sites for hydroxylation is 3. The summed E-state index contributed by atoms with van der Waals surface area (Å²) in [4.78, 5) is 12.2. The largest absolute Gasteiger partial charge is 0.493 e. The summed E-state index contributed by atoms with van der Waals surface area (Å²) < 4.78 is 29.6. The first-order valence-electron chi connectivity index (χ1n) is 9.35. The highest BCUT2D eigenvalue weighted by Gasteiger charge is 2.12.